The molecule has 1 heterocycles. The minimum Gasteiger partial charge on any atom is -0.447 e. The molecular formula is C24H27BrFN5O3. The third kappa shape index (κ3) is 8.05. The van der Waals surface area contributed by atoms with Crippen molar-refractivity contribution >= 4 is 44.5 Å². The predicted octanol–water partition coefficient (Wildman–Crippen LogP) is 3.70. The van der Waals surface area contributed by atoms with Gasteiger partial charge in [0.15, 0.2) is 0 Å². The average Bonchev–Trinajstić information content (AvgIpc) is 2.81. The van der Waals surface area contributed by atoms with E-state index >= 15 is 0 Å². The second kappa shape index (κ2) is 13.0. The Morgan fingerprint density at radius 3 is 2.76 bits per heavy atom. The lowest BCUT2D eigenvalue weighted by Gasteiger charge is -2.19. The predicted molar refractivity (Wildman–Crippen MR) is 133 cm³/mol. The molecule has 0 saturated carbocycles. The van der Waals surface area contributed by atoms with Gasteiger partial charge in [0, 0.05) is 22.6 Å². The van der Waals surface area contributed by atoms with Crippen molar-refractivity contribution in [3.05, 3.63) is 70.6 Å². The Kier molecular flexibility index (Phi) is 9.75. The van der Waals surface area contributed by atoms with Crippen molar-refractivity contribution in [2.75, 3.05) is 25.0 Å². The van der Waals surface area contributed by atoms with Crippen molar-refractivity contribution in [3.63, 3.8) is 0 Å². The molecule has 10 heteroatoms. The number of nitrogens with one attached hydrogen (secondary N) is 3. The van der Waals surface area contributed by atoms with E-state index in [1.807, 2.05) is 24.3 Å². The number of pyridine rings is 1. The topological polar surface area (TPSA) is 118 Å². The molecule has 3 rings (SSSR count). The molecule has 180 valence electrons. The van der Waals surface area contributed by atoms with Crippen LogP contribution >= 0.6 is 15.9 Å². The van der Waals surface area contributed by atoms with Crippen LogP contribution in [-0.4, -0.2) is 42.7 Å². The molecule has 0 unspecified atom stereocenters. The first-order valence-corrected chi connectivity index (χ1v) is 11.7. The van der Waals surface area contributed by atoms with E-state index in [-0.39, 0.29) is 36.7 Å². The molecule has 1 aromatic heterocycles. The van der Waals surface area contributed by atoms with E-state index in [1.54, 1.807) is 12.1 Å². The van der Waals surface area contributed by atoms with Gasteiger partial charge in [-0.1, -0.05) is 34.1 Å². The molecule has 1 atom stereocenters. The number of halogens is 2. The summed E-state index contributed by atoms with van der Waals surface area (Å²) in [7, 11) is 0. The lowest BCUT2D eigenvalue weighted by Crippen LogP contribution is -2.43. The van der Waals surface area contributed by atoms with Crippen molar-refractivity contribution < 1.29 is 18.7 Å². The summed E-state index contributed by atoms with van der Waals surface area (Å²) in [6.45, 7) is 1.08. The number of ether oxygens (including phenoxy) is 1. The smallest absolute Gasteiger partial charge is 0.412 e. The Morgan fingerprint density at radius 1 is 1.15 bits per heavy atom. The van der Waals surface area contributed by atoms with E-state index in [0.29, 0.717) is 31.3 Å². The Balaban J connectivity index is 1.47. The molecule has 0 spiro atoms. The van der Waals surface area contributed by atoms with Crippen molar-refractivity contribution in [1.82, 2.24) is 15.6 Å². The normalized spacial score (nSPS) is 11.7. The summed E-state index contributed by atoms with van der Waals surface area (Å²) in [6.07, 6.45) is 2.04. The molecule has 0 aliphatic heterocycles. The van der Waals surface area contributed by atoms with Gasteiger partial charge in [-0.15, -0.1) is 0 Å². The standard InChI is InChI=1S/C24H27BrFN5O3/c25-21-6-2-1-4-17(21)12-28-14-23(32)30-20(5-3-9-27)15-34-24(33)31-22-11-18-10-19(26)8-7-16(18)13-29-22/h1-2,4,6-8,10-11,13,20,28H,3,5,9,12,14-15,27H2,(H,30,32)(H,29,31,33)/t20-/m0/s1. The number of nitrogens with two attached hydrogens (primary N) is 1. The number of fused-ring (bicyclic) bond motifs is 1. The molecule has 34 heavy (non-hydrogen) atoms. The maximum absolute atomic E-state index is 13.4. The Labute approximate surface area is 205 Å². The molecule has 0 aliphatic carbocycles. The summed E-state index contributed by atoms with van der Waals surface area (Å²) < 4.78 is 19.7. The van der Waals surface area contributed by atoms with E-state index in [0.717, 1.165) is 15.4 Å². The number of rotatable bonds is 11. The molecule has 2 aromatic carbocycles. The zero-order valence-corrected chi connectivity index (χ0v) is 20.1. The second-order valence-corrected chi connectivity index (χ2v) is 8.53. The first kappa shape index (κ1) is 25.5. The van der Waals surface area contributed by atoms with Crippen LogP contribution in [0.4, 0.5) is 15.0 Å². The summed E-state index contributed by atoms with van der Waals surface area (Å²) in [4.78, 5) is 28.7. The minimum atomic E-state index is -0.720. The highest BCUT2D eigenvalue weighted by atomic mass is 79.9. The van der Waals surface area contributed by atoms with Crippen LogP contribution < -0.4 is 21.7 Å². The number of carbonyl (C=O) groups excluding carboxylic acids is 2. The summed E-state index contributed by atoms with van der Waals surface area (Å²) >= 11 is 3.48. The summed E-state index contributed by atoms with van der Waals surface area (Å²) in [5, 5.41) is 9.85. The monoisotopic (exact) mass is 531 g/mol. The fourth-order valence-electron chi connectivity index (χ4n) is 3.29. The highest BCUT2D eigenvalue weighted by Gasteiger charge is 2.15. The summed E-state index contributed by atoms with van der Waals surface area (Å²) in [5.74, 6) is -0.352. The van der Waals surface area contributed by atoms with Crippen LogP contribution in [0, 0.1) is 5.82 Å². The van der Waals surface area contributed by atoms with Crippen molar-refractivity contribution in [1.29, 1.82) is 0 Å². The molecule has 0 saturated heterocycles. The highest BCUT2D eigenvalue weighted by Crippen LogP contribution is 2.18. The minimum absolute atomic E-state index is 0.0238. The molecule has 0 fully saturated rings. The third-order valence-corrected chi connectivity index (χ3v) is 5.78. The Morgan fingerprint density at radius 2 is 1.97 bits per heavy atom. The van der Waals surface area contributed by atoms with E-state index < -0.39 is 6.09 Å². The van der Waals surface area contributed by atoms with Crippen LogP contribution in [-0.2, 0) is 16.1 Å². The second-order valence-electron chi connectivity index (χ2n) is 7.67. The molecule has 5 N–H and O–H groups in total. The highest BCUT2D eigenvalue weighted by molar-refractivity contribution is 9.10. The zero-order chi connectivity index (χ0) is 24.3. The number of hydrogen-bond acceptors (Lipinski definition) is 6. The van der Waals surface area contributed by atoms with Gasteiger partial charge in [-0.05, 0) is 60.7 Å². The zero-order valence-electron chi connectivity index (χ0n) is 18.5. The Hall–Kier alpha value is -3.08. The largest absolute Gasteiger partial charge is 0.447 e. The van der Waals surface area contributed by atoms with E-state index in [9.17, 15) is 14.0 Å². The van der Waals surface area contributed by atoms with E-state index in [1.165, 1.54) is 18.3 Å². The van der Waals surface area contributed by atoms with Gasteiger partial charge in [-0.2, -0.15) is 0 Å². The van der Waals surface area contributed by atoms with E-state index in [2.05, 4.69) is 36.9 Å². The van der Waals surface area contributed by atoms with Gasteiger partial charge in [0.1, 0.15) is 18.2 Å². The van der Waals surface area contributed by atoms with Gasteiger partial charge in [0.2, 0.25) is 5.91 Å². The maximum Gasteiger partial charge on any atom is 0.412 e. The van der Waals surface area contributed by atoms with Crippen molar-refractivity contribution in [2.45, 2.75) is 25.4 Å². The molecule has 8 nitrogen and oxygen atoms in total. The quantitative estimate of drug-likeness (QED) is 0.299. The van der Waals surface area contributed by atoms with Crippen LogP contribution in [0.1, 0.15) is 18.4 Å². The van der Waals surface area contributed by atoms with Crippen LogP contribution in [0.3, 0.4) is 0 Å². The van der Waals surface area contributed by atoms with Crippen LogP contribution in [0.15, 0.2) is 59.2 Å². The molecule has 3 aromatic rings. The van der Waals surface area contributed by atoms with E-state index in [4.69, 9.17) is 10.5 Å². The van der Waals surface area contributed by atoms with Crippen molar-refractivity contribution in [2.24, 2.45) is 5.73 Å². The third-order valence-electron chi connectivity index (χ3n) is 5.01. The summed E-state index contributed by atoms with van der Waals surface area (Å²) in [6, 6.07) is 13.2. The van der Waals surface area contributed by atoms with Crippen LogP contribution in [0.2, 0.25) is 0 Å². The number of aromatic nitrogens is 1. The number of nitrogens with zero attached hydrogens (tertiary/aromatic N) is 1. The van der Waals surface area contributed by atoms with Gasteiger partial charge >= 0.3 is 6.09 Å². The number of amides is 2. The lowest BCUT2D eigenvalue weighted by molar-refractivity contribution is -0.121. The molecule has 2 amide bonds. The van der Waals surface area contributed by atoms with Crippen molar-refractivity contribution in [3.8, 4) is 0 Å². The molecule has 0 aliphatic rings. The van der Waals surface area contributed by atoms with Gasteiger partial charge in [0.25, 0.3) is 0 Å². The van der Waals surface area contributed by atoms with Gasteiger partial charge < -0.3 is 21.1 Å². The summed E-state index contributed by atoms with van der Waals surface area (Å²) in [5.41, 5.74) is 6.64. The van der Waals surface area contributed by atoms with Gasteiger partial charge in [0.05, 0.1) is 12.6 Å². The number of benzene rings is 2. The fraction of sp³-hybridized carbons (Fsp3) is 0.292. The first-order valence-electron chi connectivity index (χ1n) is 10.9. The maximum atomic E-state index is 13.4. The van der Waals surface area contributed by atoms with Gasteiger partial charge in [-0.3, -0.25) is 10.1 Å². The molecule has 0 radical (unpaired) electrons. The SMILES string of the molecule is NCCC[C@@H](COC(=O)Nc1cc2cc(F)ccc2cn1)NC(=O)CNCc1ccccc1Br. The fourth-order valence-corrected chi connectivity index (χ4v) is 3.71. The number of hydrogen-bond donors (Lipinski definition) is 4. The first-order chi connectivity index (χ1) is 16.4. The van der Waals surface area contributed by atoms with Gasteiger partial charge in [-0.25, -0.2) is 14.2 Å². The van der Waals surface area contributed by atoms with Crippen LogP contribution in [0.25, 0.3) is 10.8 Å². The average molecular weight is 532 g/mol. The number of anilines is 1. The molecule has 0 bridgehead atoms. The van der Waals surface area contributed by atoms with Crippen LogP contribution in [0.5, 0.6) is 0 Å². The molecular weight excluding hydrogens is 505 g/mol. The lowest BCUT2D eigenvalue weighted by atomic mass is 10.1. The Bertz CT molecular complexity index is 1130. The number of carbonyl (C=O) groups is 2.